The lowest BCUT2D eigenvalue weighted by molar-refractivity contribution is -0.630. The molecule has 0 aliphatic rings. The fraction of sp³-hybridized carbons (Fsp3) is 0.182. The third-order valence-electron chi connectivity index (χ3n) is 2.08. The first-order chi connectivity index (χ1) is 6.83. The van der Waals surface area contributed by atoms with Gasteiger partial charge < -0.3 is 24.0 Å². The first-order valence-electron chi connectivity index (χ1n) is 4.42. The van der Waals surface area contributed by atoms with E-state index in [0.717, 1.165) is 0 Å². The SMILES string of the molecule is CSc1c(C)sc[n+]1-c1ccccc1.[I-]. The molecule has 0 amide bonds. The van der Waals surface area contributed by atoms with Crippen LogP contribution in [-0.2, 0) is 0 Å². The van der Waals surface area contributed by atoms with Crippen LogP contribution in [0.2, 0.25) is 0 Å². The van der Waals surface area contributed by atoms with E-state index in [9.17, 15) is 0 Å². The molecule has 80 valence electrons. The van der Waals surface area contributed by atoms with Crippen LogP contribution in [0.5, 0.6) is 0 Å². The summed E-state index contributed by atoms with van der Waals surface area (Å²) >= 11 is 3.59. The van der Waals surface area contributed by atoms with Gasteiger partial charge in [-0.25, -0.2) is 0 Å². The van der Waals surface area contributed by atoms with Gasteiger partial charge in [-0.1, -0.05) is 41.3 Å². The molecular formula is C11H12INS2. The number of nitrogens with zero attached hydrogens (tertiary/aromatic N) is 1. The number of benzene rings is 1. The van der Waals surface area contributed by atoms with Gasteiger partial charge in [-0.3, -0.25) is 0 Å². The summed E-state index contributed by atoms with van der Waals surface area (Å²) in [6.45, 7) is 2.16. The van der Waals surface area contributed by atoms with Crippen LogP contribution in [0.4, 0.5) is 0 Å². The Morgan fingerprint density at radius 1 is 1.20 bits per heavy atom. The molecule has 15 heavy (non-hydrogen) atoms. The topological polar surface area (TPSA) is 3.88 Å². The standard InChI is InChI=1S/C11H12NS2.HI/c1-9-11(13-2)12(8-14-9)10-6-4-3-5-7-10;/h3-8H,1-2H3;1H/q+1;/p-1. The highest BCUT2D eigenvalue weighted by Gasteiger charge is 2.17. The highest BCUT2D eigenvalue weighted by atomic mass is 127. The molecule has 0 unspecified atom stereocenters. The minimum absolute atomic E-state index is 0. The average molecular weight is 349 g/mol. The predicted molar refractivity (Wildman–Crippen MR) is 62.4 cm³/mol. The van der Waals surface area contributed by atoms with E-state index < -0.39 is 0 Å². The Bertz CT molecular complexity index is 425. The largest absolute Gasteiger partial charge is 1.00 e. The van der Waals surface area contributed by atoms with Crippen LogP contribution >= 0.6 is 23.1 Å². The second-order valence-electron chi connectivity index (χ2n) is 2.99. The number of thioether (sulfide) groups is 1. The maximum Gasteiger partial charge on any atom is 0.259 e. The van der Waals surface area contributed by atoms with Crippen molar-refractivity contribution in [2.24, 2.45) is 0 Å². The summed E-state index contributed by atoms with van der Waals surface area (Å²) in [5.74, 6) is 0. The number of para-hydroxylation sites is 1. The Labute approximate surface area is 116 Å². The molecule has 0 saturated carbocycles. The molecule has 0 saturated heterocycles. The molecule has 0 aliphatic carbocycles. The molecule has 1 aromatic heterocycles. The van der Waals surface area contributed by atoms with Crippen molar-refractivity contribution in [3.05, 3.63) is 40.7 Å². The van der Waals surface area contributed by atoms with Gasteiger partial charge in [0.05, 0.1) is 4.88 Å². The van der Waals surface area contributed by atoms with Crippen molar-refractivity contribution in [3.63, 3.8) is 0 Å². The van der Waals surface area contributed by atoms with Crippen molar-refractivity contribution >= 4 is 23.1 Å². The molecule has 0 bridgehead atoms. The normalized spacial score (nSPS) is 9.73. The van der Waals surface area contributed by atoms with Gasteiger partial charge in [0.2, 0.25) is 11.2 Å². The third kappa shape index (κ3) is 2.73. The van der Waals surface area contributed by atoms with E-state index in [0.29, 0.717) is 0 Å². The van der Waals surface area contributed by atoms with Crippen molar-refractivity contribution in [1.82, 2.24) is 0 Å². The maximum atomic E-state index is 2.24. The molecular weight excluding hydrogens is 337 g/mol. The summed E-state index contributed by atoms with van der Waals surface area (Å²) in [6, 6.07) is 10.4. The molecule has 0 N–H and O–H groups in total. The molecule has 4 heteroatoms. The van der Waals surface area contributed by atoms with E-state index in [1.165, 1.54) is 15.6 Å². The van der Waals surface area contributed by atoms with E-state index in [4.69, 9.17) is 0 Å². The zero-order valence-corrected chi connectivity index (χ0v) is 12.4. The van der Waals surface area contributed by atoms with E-state index in [1.54, 1.807) is 23.1 Å². The Kier molecular flexibility index (Phi) is 5.08. The molecule has 1 nitrogen and oxygen atoms in total. The molecule has 0 aliphatic heterocycles. The van der Waals surface area contributed by atoms with E-state index in [2.05, 4.69) is 47.5 Å². The van der Waals surface area contributed by atoms with Gasteiger partial charge in [-0.2, -0.15) is 0 Å². The van der Waals surface area contributed by atoms with Crippen molar-refractivity contribution in [2.75, 3.05) is 6.26 Å². The van der Waals surface area contributed by atoms with Gasteiger partial charge in [-0.05, 0) is 13.2 Å². The van der Waals surface area contributed by atoms with Gasteiger partial charge in [0.1, 0.15) is 0 Å². The van der Waals surface area contributed by atoms with Crippen LogP contribution in [0, 0.1) is 6.92 Å². The number of thiazole rings is 1. The van der Waals surface area contributed by atoms with Crippen LogP contribution in [0.1, 0.15) is 4.88 Å². The number of aryl methyl sites for hydroxylation is 1. The van der Waals surface area contributed by atoms with Gasteiger partial charge in [0, 0.05) is 12.1 Å². The summed E-state index contributed by atoms with van der Waals surface area (Å²) in [4.78, 5) is 1.38. The molecule has 0 atom stereocenters. The Morgan fingerprint density at radius 2 is 1.87 bits per heavy atom. The molecule has 0 fully saturated rings. The second-order valence-corrected chi connectivity index (χ2v) is 4.85. The van der Waals surface area contributed by atoms with E-state index in [-0.39, 0.29) is 24.0 Å². The van der Waals surface area contributed by atoms with E-state index >= 15 is 0 Å². The third-order valence-corrected chi connectivity index (χ3v) is 3.96. The zero-order chi connectivity index (χ0) is 9.97. The van der Waals surface area contributed by atoms with Crippen LogP contribution in [0.3, 0.4) is 0 Å². The summed E-state index contributed by atoms with van der Waals surface area (Å²) in [5, 5.41) is 1.33. The van der Waals surface area contributed by atoms with Gasteiger partial charge in [0.25, 0.3) is 5.03 Å². The summed E-state index contributed by atoms with van der Waals surface area (Å²) in [7, 11) is 0. The average Bonchev–Trinajstić information content (AvgIpc) is 2.61. The minimum atomic E-state index is 0. The quantitative estimate of drug-likeness (QED) is 0.421. The fourth-order valence-corrected chi connectivity index (χ4v) is 3.20. The second kappa shape index (κ2) is 5.86. The van der Waals surface area contributed by atoms with Crippen LogP contribution in [0.15, 0.2) is 40.9 Å². The number of hydrogen-bond acceptors (Lipinski definition) is 2. The fourth-order valence-electron chi connectivity index (χ4n) is 1.41. The van der Waals surface area contributed by atoms with Crippen molar-refractivity contribution < 1.29 is 28.5 Å². The van der Waals surface area contributed by atoms with Crippen LogP contribution < -0.4 is 28.5 Å². The van der Waals surface area contributed by atoms with Gasteiger partial charge in [-0.15, -0.1) is 4.57 Å². The highest BCUT2D eigenvalue weighted by molar-refractivity contribution is 7.98. The first-order valence-corrected chi connectivity index (χ1v) is 6.52. The summed E-state index contributed by atoms with van der Waals surface area (Å²) in [6.07, 6.45) is 2.12. The lowest BCUT2D eigenvalue weighted by Gasteiger charge is -1.94. The van der Waals surface area contributed by atoms with Crippen molar-refractivity contribution in [2.45, 2.75) is 11.9 Å². The molecule has 0 spiro atoms. The van der Waals surface area contributed by atoms with Crippen LogP contribution in [-0.4, -0.2) is 6.26 Å². The lowest BCUT2D eigenvalue weighted by atomic mass is 10.3. The predicted octanol–water partition coefficient (Wildman–Crippen LogP) is 0.0591. The van der Waals surface area contributed by atoms with Gasteiger partial charge >= 0.3 is 0 Å². The Morgan fingerprint density at radius 3 is 2.47 bits per heavy atom. The number of rotatable bonds is 2. The summed E-state index contributed by atoms with van der Waals surface area (Å²) in [5.41, 5.74) is 3.40. The van der Waals surface area contributed by atoms with Crippen molar-refractivity contribution in [1.29, 1.82) is 0 Å². The van der Waals surface area contributed by atoms with Gasteiger partial charge in [0.15, 0.2) is 0 Å². The Balaban J connectivity index is 0.00000112. The smallest absolute Gasteiger partial charge is 0.259 e. The van der Waals surface area contributed by atoms with E-state index in [1.807, 2.05) is 6.07 Å². The number of hydrogen-bond donors (Lipinski definition) is 0. The monoisotopic (exact) mass is 349 g/mol. The number of aromatic nitrogens is 1. The minimum Gasteiger partial charge on any atom is -1.00 e. The summed E-state index contributed by atoms with van der Waals surface area (Å²) < 4.78 is 2.24. The molecule has 1 heterocycles. The first kappa shape index (κ1) is 13.0. The lowest BCUT2D eigenvalue weighted by Crippen LogP contribution is -3.00. The molecule has 2 rings (SSSR count). The number of halogens is 1. The maximum absolute atomic E-state index is 2.24. The molecule has 2 aromatic rings. The van der Waals surface area contributed by atoms with Crippen molar-refractivity contribution in [3.8, 4) is 5.69 Å². The Hall–Kier alpha value is -0.0700. The molecule has 1 aromatic carbocycles. The highest BCUT2D eigenvalue weighted by Crippen LogP contribution is 2.21. The van der Waals surface area contributed by atoms with Crippen LogP contribution in [0.25, 0.3) is 5.69 Å². The zero-order valence-electron chi connectivity index (χ0n) is 8.61. The molecule has 0 radical (unpaired) electrons.